The minimum absolute atomic E-state index is 0.124. The van der Waals surface area contributed by atoms with E-state index in [9.17, 15) is 8.42 Å². The number of rotatable bonds is 4. The van der Waals surface area contributed by atoms with E-state index in [0.717, 1.165) is 4.47 Å². The average Bonchev–Trinajstić information content (AvgIpc) is 2.37. The number of hydrogen-bond donors (Lipinski definition) is 1. The number of halogens is 2. The Morgan fingerprint density at radius 3 is 2.43 bits per heavy atom. The summed E-state index contributed by atoms with van der Waals surface area (Å²) in [6, 6.07) is 9.92. The minimum atomic E-state index is -3.50. The van der Waals surface area contributed by atoms with Crippen molar-refractivity contribution < 1.29 is 13.2 Å². The van der Waals surface area contributed by atoms with Crippen LogP contribution in [-0.4, -0.2) is 15.5 Å². The summed E-state index contributed by atoms with van der Waals surface area (Å²) in [5, 5.41) is 0. The second kappa shape index (κ2) is 6.37. The monoisotopic (exact) mass is 433 g/mol. The first-order chi connectivity index (χ1) is 9.83. The van der Waals surface area contributed by atoms with Gasteiger partial charge in [0.05, 0.1) is 27.9 Å². The zero-order valence-corrected chi connectivity index (χ0v) is 15.1. The van der Waals surface area contributed by atoms with Gasteiger partial charge in [0.25, 0.3) is 0 Å². The molecule has 0 aliphatic heterocycles. The van der Waals surface area contributed by atoms with Crippen LogP contribution in [0.1, 0.15) is 5.56 Å². The van der Waals surface area contributed by atoms with Crippen molar-refractivity contribution in [2.45, 2.75) is 10.6 Å². The smallest absolute Gasteiger partial charge is 0.184 e. The van der Waals surface area contributed by atoms with Gasteiger partial charge >= 0.3 is 0 Å². The van der Waals surface area contributed by atoms with Crippen molar-refractivity contribution in [3.8, 4) is 5.75 Å². The van der Waals surface area contributed by atoms with E-state index in [0.29, 0.717) is 15.8 Å². The van der Waals surface area contributed by atoms with E-state index in [1.807, 2.05) is 0 Å². The van der Waals surface area contributed by atoms with Gasteiger partial charge in [0.1, 0.15) is 5.75 Å². The molecule has 0 fully saturated rings. The molecule has 0 bridgehead atoms. The number of hydrogen-bond acceptors (Lipinski definition) is 4. The van der Waals surface area contributed by atoms with Crippen molar-refractivity contribution in [1.29, 1.82) is 0 Å². The highest BCUT2D eigenvalue weighted by Crippen LogP contribution is 2.29. The van der Waals surface area contributed by atoms with Crippen LogP contribution in [0.15, 0.2) is 50.2 Å². The number of methoxy groups -OCH3 is 1. The van der Waals surface area contributed by atoms with Crippen LogP contribution in [-0.2, 0) is 15.6 Å². The fourth-order valence-electron chi connectivity index (χ4n) is 1.90. The van der Waals surface area contributed by atoms with E-state index in [-0.39, 0.29) is 16.3 Å². The number of sulfone groups is 1. The normalized spacial score (nSPS) is 11.4. The number of ether oxygens (including phenoxy) is 1. The van der Waals surface area contributed by atoms with Gasteiger partial charge < -0.3 is 10.5 Å². The Morgan fingerprint density at radius 1 is 1.14 bits per heavy atom. The molecule has 112 valence electrons. The zero-order chi connectivity index (χ0) is 15.6. The number of nitrogens with two attached hydrogens (primary N) is 1. The Labute approximate surface area is 140 Å². The molecule has 0 aliphatic rings. The molecule has 21 heavy (non-hydrogen) atoms. The van der Waals surface area contributed by atoms with Gasteiger partial charge in [-0.2, -0.15) is 0 Å². The van der Waals surface area contributed by atoms with Crippen molar-refractivity contribution >= 4 is 47.4 Å². The molecule has 2 aromatic rings. The Kier molecular flexibility index (Phi) is 4.95. The second-order valence-electron chi connectivity index (χ2n) is 4.41. The van der Waals surface area contributed by atoms with Crippen molar-refractivity contribution in [3.63, 3.8) is 0 Å². The van der Waals surface area contributed by atoms with E-state index >= 15 is 0 Å². The molecule has 2 rings (SSSR count). The molecular weight excluding hydrogens is 422 g/mol. The maximum atomic E-state index is 12.5. The number of benzene rings is 2. The van der Waals surface area contributed by atoms with Crippen molar-refractivity contribution in [1.82, 2.24) is 0 Å². The third kappa shape index (κ3) is 3.78. The van der Waals surface area contributed by atoms with E-state index in [1.165, 1.54) is 6.07 Å². The molecule has 0 saturated heterocycles. The lowest BCUT2D eigenvalue weighted by atomic mass is 10.2. The van der Waals surface area contributed by atoms with Crippen LogP contribution in [0.5, 0.6) is 5.75 Å². The van der Waals surface area contributed by atoms with Crippen LogP contribution in [0.4, 0.5) is 5.69 Å². The molecule has 0 aliphatic carbocycles. The van der Waals surface area contributed by atoms with Crippen molar-refractivity contribution in [2.24, 2.45) is 0 Å². The summed E-state index contributed by atoms with van der Waals surface area (Å²) in [5.74, 6) is 0.529. The summed E-state index contributed by atoms with van der Waals surface area (Å²) in [7, 11) is -1.95. The molecule has 0 aromatic heterocycles. The molecule has 0 saturated carbocycles. The van der Waals surface area contributed by atoms with E-state index in [1.54, 1.807) is 37.4 Å². The summed E-state index contributed by atoms with van der Waals surface area (Å²) < 4.78 is 31.5. The topological polar surface area (TPSA) is 69.4 Å². The van der Waals surface area contributed by atoms with E-state index in [2.05, 4.69) is 31.9 Å². The van der Waals surface area contributed by atoms with Gasteiger partial charge in [-0.15, -0.1) is 0 Å². The molecule has 0 atom stereocenters. The fourth-order valence-corrected chi connectivity index (χ4v) is 4.33. The quantitative estimate of drug-likeness (QED) is 0.743. The van der Waals surface area contributed by atoms with Crippen LogP contribution >= 0.6 is 31.9 Å². The van der Waals surface area contributed by atoms with E-state index in [4.69, 9.17) is 10.5 Å². The van der Waals surface area contributed by atoms with Gasteiger partial charge in [-0.05, 0) is 51.8 Å². The third-order valence-electron chi connectivity index (χ3n) is 2.88. The fraction of sp³-hybridized carbons (Fsp3) is 0.143. The lowest BCUT2D eigenvalue weighted by Crippen LogP contribution is -2.08. The summed E-state index contributed by atoms with van der Waals surface area (Å²) in [6.45, 7) is 0. The predicted octanol–water partition coefficient (Wildman–Crippen LogP) is 3.78. The van der Waals surface area contributed by atoms with Crippen molar-refractivity contribution in [2.75, 3.05) is 12.8 Å². The summed E-state index contributed by atoms with van der Waals surface area (Å²) in [4.78, 5) is 0.137. The third-order valence-corrected chi connectivity index (χ3v) is 5.75. The molecule has 2 aromatic carbocycles. The Bertz CT molecular complexity index is 776. The van der Waals surface area contributed by atoms with Crippen LogP contribution in [0.25, 0.3) is 0 Å². The maximum absolute atomic E-state index is 12.5. The van der Waals surface area contributed by atoms with Gasteiger partial charge in [0.15, 0.2) is 9.84 Å². The Morgan fingerprint density at radius 2 is 1.86 bits per heavy atom. The first-order valence-corrected chi connectivity index (χ1v) is 9.17. The first-order valence-electron chi connectivity index (χ1n) is 5.93. The summed E-state index contributed by atoms with van der Waals surface area (Å²) in [6.07, 6.45) is 0. The van der Waals surface area contributed by atoms with Gasteiger partial charge in [0.2, 0.25) is 0 Å². The molecule has 0 unspecified atom stereocenters. The SMILES string of the molecule is COc1ccc(CS(=O)(=O)c2ccc(Br)cc2N)cc1Br. The maximum Gasteiger partial charge on any atom is 0.184 e. The molecule has 0 heterocycles. The molecular formula is C14H13Br2NO3S. The highest BCUT2D eigenvalue weighted by atomic mass is 79.9. The van der Waals surface area contributed by atoms with Gasteiger partial charge in [-0.3, -0.25) is 0 Å². The van der Waals surface area contributed by atoms with Gasteiger partial charge in [0, 0.05) is 4.47 Å². The van der Waals surface area contributed by atoms with Crippen molar-refractivity contribution in [3.05, 3.63) is 50.9 Å². The molecule has 2 N–H and O–H groups in total. The average molecular weight is 435 g/mol. The summed E-state index contributed by atoms with van der Waals surface area (Å²) in [5.41, 5.74) is 6.69. The molecule has 0 spiro atoms. The zero-order valence-electron chi connectivity index (χ0n) is 11.1. The lowest BCUT2D eigenvalue weighted by molar-refractivity contribution is 0.412. The number of anilines is 1. The minimum Gasteiger partial charge on any atom is -0.496 e. The molecule has 0 amide bonds. The number of nitrogen functional groups attached to an aromatic ring is 1. The van der Waals surface area contributed by atoms with Gasteiger partial charge in [-0.25, -0.2) is 8.42 Å². The van der Waals surface area contributed by atoms with Crippen LogP contribution in [0.3, 0.4) is 0 Å². The highest BCUT2D eigenvalue weighted by molar-refractivity contribution is 9.10. The highest BCUT2D eigenvalue weighted by Gasteiger charge is 2.19. The molecule has 7 heteroatoms. The predicted molar refractivity (Wildman–Crippen MR) is 90.1 cm³/mol. The molecule has 4 nitrogen and oxygen atoms in total. The van der Waals surface area contributed by atoms with Gasteiger partial charge in [-0.1, -0.05) is 22.0 Å². The van der Waals surface area contributed by atoms with E-state index < -0.39 is 9.84 Å². The Hall–Kier alpha value is -1.05. The van der Waals surface area contributed by atoms with Crippen LogP contribution in [0.2, 0.25) is 0 Å². The largest absolute Gasteiger partial charge is 0.496 e. The van der Waals surface area contributed by atoms with Crippen LogP contribution in [0, 0.1) is 0 Å². The second-order valence-corrected chi connectivity index (χ2v) is 8.14. The molecule has 0 radical (unpaired) electrons. The first kappa shape index (κ1) is 16.3. The van der Waals surface area contributed by atoms with Crippen LogP contribution < -0.4 is 10.5 Å². The Balaban J connectivity index is 2.35. The summed E-state index contributed by atoms with van der Waals surface area (Å²) >= 11 is 6.60. The lowest BCUT2D eigenvalue weighted by Gasteiger charge is -2.09. The standard InChI is InChI=1S/C14H13Br2NO3S/c1-20-13-4-2-9(6-11(13)16)8-21(18,19)14-5-3-10(15)7-12(14)17/h2-7H,8,17H2,1H3.